The van der Waals surface area contributed by atoms with Gasteiger partial charge in [0.2, 0.25) is 5.78 Å². The van der Waals surface area contributed by atoms with Gasteiger partial charge < -0.3 is 4.90 Å². The largest absolute Gasteiger partial charge is 0.301 e. The molecule has 6 rings (SSSR count). The Balaban J connectivity index is 1.08. The van der Waals surface area contributed by atoms with Gasteiger partial charge in [0, 0.05) is 32.7 Å². The van der Waals surface area contributed by atoms with Gasteiger partial charge in [0.15, 0.2) is 0 Å². The molecule has 0 amide bonds. The SMILES string of the molecule is Cc1nnc2n(CCCCN3CCN(C(c4ccccc4)c4ccccc4)CC3)c(=O)c3ccccc3n12. The normalized spacial score (nSPS) is 15.1. The van der Waals surface area contributed by atoms with E-state index in [0.29, 0.717) is 17.7 Å². The quantitative estimate of drug-likeness (QED) is 0.289. The Morgan fingerprint density at radius 1 is 0.737 bits per heavy atom. The Kier molecular flexibility index (Phi) is 7.03. The fourth-order valence-corrected chi connectivity index (χ4v) is 5.83. The molecule has 194 valence electrons. The number of aromatic nitrogens is 4. The standard InChI is InChI=1S/C31H34N6O/c1-24-32-33-31-36(30(38)27-16-8-9-17-28(27)37(24)31)19-11-10-18-34-20-22-35(23-21-34)29(25-12-4-2-5-13-25)26-14-6-3-7-15-26/h2-9,12-17,29H,10-11,18-23H2,1H3. The third-order valence-corrected chi connectivity index (χ3v) is 7.78. The van der Waals surface area contributed by atoms with Gasteiger partial charge in [0.25, 0.3) is 5.56 Å². The first kappa shape index (κ1) is 24.5. The number of aryl methyl sites for hydroxylation is 2. The molecular formula is C31H34N6O. The van der Waals surface area contributed by atoms with E-state index in [1.807, 2.05) is 35.6 Å². The molecule has 0 spiro atoms. The van der Waals surface area contributed by atoms with Crippen molar-refractivity contribution >= 4 is 16.7 Å². The molecule has 0 unspecified atom stereocenters. The summed E-state index contributed by atoms with van der Waals surface area (Å²) in [5.41, 5.74) is 3.58. The Morgan fingerprint density at radius 2 is 1.34 bits per heavy atom. The summed E-state index contributed by atoms with van der Waals surface area (Å²) in [7, 11) is 0. The van der Waals surface area contributed by atoms with Crippen molar-refractivity contribution in [3.63, 3.8) is 0 Å². The number of nitrogens with zero attached hydrogens (tertiary/aromatic N) is 6. The zero-order chi connectivity index (χ0) is 25.9. The molecule has 7 heteroatoms. The first-order chi connectivity index (χ1) is 18.7. The van der Waals surface area contributed by atoms with E-state index in [9.17, 15) is 4.79 Å². The highest BCUT2D eigenvalue weighted by Gasteiger charge is 2.26. The van der Waals surface area contributed by atoms with Crippen molar-refractivity contribution in [3.05, 3.63) is 112 Å². The van der Waals surface area contributed by atoms with Crippen LogP contribution in [0.5, 0.6) is 0 Å². The van der Waals surface area contributed by atoms with Crippen molar-refractivity contribution < 1.29 is 0 Å². The monoisotopic (exact) mass is 506 g/mol. The lowest BCUT2D eigenvalue weighted by atomic mass is 9.96. The van der Waals surface area contributed by atoms with Crippen molar-refractivity contribution in [1.82, 2.24) is 29.0 Å². The topological polar surface area (TPSA) is 58.7 Å². The molecule has 0 radical (unpaired) electrons. The van der Waals surface area contributed by atoms with Crippen LogP contribution in [0.25, 0.3) is 16.7 Å². The van der Waals surface area contributed by atoms with Crippen LogP contribution in [0.4, 0.5) is 0 Å². The lowest BCUT2D eigenvalue weighted by molar-refractivity contribution is 0.108. The summed E-state index contributed by atoms with van der Waals surface area (Å²) in [4.78, 5) is 18.4. The molecule has 0 bridgehead atoms. The maximum atomic E-state index is 13.2. The van der Waals surface area contributed by atoms with Gasteiger partial charge in [-0.1, -0.05) is 72.8 Å². The van der Waals surface area contributed by atoms with E-state index in [1.54, 1.807) is 4.57 Å². The molecule has 0 N–H and O–H groups in total. The average Bonchev–Trinajstić information content (AvgIpc) is 3.36. The number of rotatable bonds is 8. The number of para-hydroxylation sites is 1. The first-order valence-electron chi connectivity index (χ1n) is 13.6. The lowest BCUT2D eigenvalue weighted by Gasteiger charge is -2.39. The van der Waals surface area contributed by atoms with Crippen LogP contribution in [0, 0.1) is 6.92 Å². The van der Waals surface area contributed by atoms with E-state index in [1.165, 1.54) is 11.1 Å². The molecule has 38 heavy (non-hydrogen) atoms. The molecule has 0 saturated carbocycles. The molecule has 1 fully saturated rings. The maximum absolute atomic E-state index is 13.2. The Labute approximate surface area is 223 Å². The summed E-state index contributed by atoms with van der Waals surface area (Å²) in [6, 6.07) is 29.7. The van der Waals surface area contributed by atoms with Crippen LogP contribution in [-0.4, -0.2) is 61.7 Å². The van der Waals surface area contributed by atoms with Crippen molar-refractivity contribution in [2.24, 2.45) is 0 Å². The van der Waals surface area contributed by atoms with Gasteiger partial charge in [-0.05, 0) is 49.6 Å². The number of piperazine rings is 1. The molecule has 1 aliphatic heterocycles. The fraction of sp³-hybridized carbons (Fsp3) is 0.323. The zero-order valence-electron chi connectivity index (χ0n) is 21.9. The zero-order valence-corrected chi connectivity index (χ0v) is 21.9. The van der Waals surface area contributed by atoms with Crippen molar-refractivity contribution in [1.29, 1.82) is 0 Å². The van der Waals surface area contributed by atoms with E-state index >= 15 is 0 Å². The van der Waals surface area contributed by atoms with Crippen LogP contribution < -0.4 is 5.56 Å². The minimum atomic E-state index is 0.0157. The number of fused-ring (bicyclic) bond motifs is 3. The van der Waals surface area contributed by atoms with E-state index in [4.69, 9.17) is 0 Å². The van der Waals surface area contributed by atoms with Gasteiger partial charge in [-0.15, -0.1) is 10.2 Å². The highest BCUT2D eigenvalue weighted by molar-refractivity contribution is 5.80. The van der Waals surface area contributed by atoms with Crippen molar-refractivity contribution in [2.45, 2.75) is 32.4 Å². The minimum absolute atomic E-state index is 0.0157. The molecule has 5 aromatic rings. The number of hydrogen-bond acceptors (Lipinski definition) is 5. The number of unbranched alkanes of at least 4 members (excludes halogenated alkanes) is 1. The summed E-state index contributed by atoms with van der Waals surface area (Å²) in [5.74, 6) is 1.43. The predicted molar refractivity (Wildman–Crippen MR) is 151 cm³/mol. The molecule has 3 aromatic carbocycles. The van der Waals surface area contributed by atoms with Crippen molar-refractivity contribution in [3.8, 4) is 0 Å². The lowest BCUT2D eigenvalue weighted by Crippen LogP contribution is -2.48. The Bertz CT molecular complexity index is 1530. The van der Waals surface area contributed by atoms with Gasteiger partial charge in [0.1, 0.15) is 5.82 Å². The molecule has 0 aliphatic carbocycles. The summed E-state index contributed by atoms with van der Waals surface area (Å²) >= 11 is 0. The summed E-state index contributed by atoms with van der Waals surface area (Å²) in [5, 5.41) is 9.30. The fourth-order valence-electron chi connectivity index (χ4n) is 5.83. The third kappa shape index (κ3) is 4.75. The summed E-state index contributed by atoms with van der Waals surface area (Å²) in [6.07, 6.45) is 1.97. The second-order valence-corrected chi connectivity index (χ2v) is 10.2. The molecule has 1 saturated heterocycles. The van der Waals surface area contributed by atoms with Crippen LogP contribution in [0.1, 0.15) is 35.8 Å². The van der Waals surface area contributed by atoms with E-state index < -0.39 is 0 Å². The highest BCUT2D eigenvalue weighted by Crippen LogP contribution is 2.29. The maximum Gasteiger partial charge on any atom is 0.262 e. The molecule has 2 aromatic heterocycles. The Hall–Kier alpha value is -3.81. The van der Waals surface area contributed by atoms with Gasteiger partial charge in [0.05, 0.1) is 16.9 Å². The van der Waals surface area contributed by atoms with Crippen LogP contribution in [0.2, 0.25) is 0 Å². The third-order valence-electron chi connectivity index (χ3n) is 7.78. The van der Waals surface area contributed by atoms with Gasteiger partial charge >= 0.3 is 0 Å². The second kappa shape index (κ2) is 10.9. The molecule has 3 heterocycles. The van der Waals surface area contributed by atoms with Crippen LogP contribution in [0.15, 0.2) is 89.7 Å². The van der Waals surface area contributed by atoms with Crippen LogP contribution in [0.3, 0.4) is 0 Å². The van der Waals surface area contributed by atoms with E-state index in [-0.39, 0.29) is 11.6 Å². The van der Waals surface area contributed by atoms with Crippen LogP contribution in [-0.2, 0) is 6.54 Å². The summed E-state index contributed by atoms with van der Waals surface area (Å²) < 4.78 is 3.79. The van der Waals surface area contributed by atoms with E-state index in [0.717, 1.165) is 56.9 Å². The molecule has 0 atom stereocenters. The molecule has 1 aliphatic rings. The minimum Gasteiger partial charge on any atom is -0.301 e. The average molecular weight is 507 g/mol. The number of hydrogen-bond donors (Lipinski definition) is 0. The highest BCUT2D eigenvalue weighted by atomic mass is 16.1. The van der Waals surface area contributed by atoms with Gasteiger partial charge in [-0.3, -0.25) is 18.7 Å². The van der Waals surface area contributed by atoms with Gasteiger partial charge in [-0.25, -0.2) is 0 Å². The second-order valence-electron chi connectivity index (χ2n) is 10.2. The predicted octanol–water partition coefficient (Wildman–Crippen LogP) is 4.54. The Morgan fingerprint density at radius 3 is 2.03 bits per heavy atom. The van der Waals surface area contributed by atoms with Crippen LogP contribution >= 0.6 is 0 Å². The smallest absolute Gasteiger partial charge is 0.262 e. The molecule has 7 nitrogen and oxygen atoms in total. The van der Waals surface area contributed by atoms with Gasteiger partial charge in [-0.2, -0.15) is 0 Å². The number of benzene rings is 3. The summed E-state index contributed by atoms with van der Waals surface area (Å²) in [6.45, 7) is 7.81. The molecular weight excluding hydrogens is 472 g/mol. The van der Waals surface area contributed by atoms with Crippen molar-refractivity contribution in [2.75, 3.05) is 32.7 Å². The van der Waals surface area contributed by atoms with E-state index in [2.05, 4.69) is 80.7 Å². The first-order valence-corrected chi connectivity index (χ1v) is 13.6.